The van der Waals surface area contributed by atoms with Gasteiger partial charge in [-0.25, -0.2) is 9.97 Å². The zero-order valence-corrected chi connectivity index (χ0v) is 7.37. The van der Waals surface area contributed by atoms with E-state index >= 15 is 0 Å². The fourth-order valence-electron chi connectivity index (χ4n) is 1.18. The summed E-state index contributed by atoms with van der Waals surface area (Å²) >= 11 is 0. The molecule has 1 N–H and O–H groups in total. The number of methoxy groups -OCH3 is 1. The van der Waals surface area contributed by atoms with E-state index in [1.165, 1.54) is 12.4 Å². The molecule has 5 heteroatoms. The number of aromatic amines is 1. The van der Waals surface area contributed by atoms with Crippen LogP contribution in [0.5, 0.6) is 5.75 Å². The molecule has 5 nitrogen and oxygen atoms in total. The van der Waals surface area contributed by atoms with E-state index in [1.807, 2.05) is 0 Å². The van der Waals surface area contributed by atoms with Crippen molar-refractivity contribution in [2.45, 2.75) is 6.92 Å². The van der Waals surface area contributed by atoms with E-state index < -0.39 is 12.6 Å². The van der Waals surface area contributed by atoms with Gasteiger partial charge in [-0.1, -0.05) is 0 Å². The second-order valence-electron chi connectivity index (χ2n) is 2.77. The number of H-pyrrole nitrogens is 1. The maximum atomic E-state index is 11.5. The quantitative estimate of drug-likeness (QED) is 0.723. The lowest BCUT2D eigenvalue weighted by Gasteiger charge is -2.02. The molecule has 0 radical (unpaired) electrons. The van der Waals surface area contributed by atoms with Crippen LogP contribution in [-0.4, -0.2) is 22.0 Å². The SMILES string of the molecule is [2H]C([2H])([2H])Oc1c(=O)[nH]cc2cnc(C)nc12. The Morgan fingerprint density at radius 3 is 3.29 bits per heavy atom. The maximum absolute atomic E-state index is 11.5. The minimum Gasteiger partial charge on any atom is -0.490 e. The highest BCUT2D eigenvalue weighted by atomic mass is 16.5. The molecule has 0 aliphatic rings. The van der Waals surface area contributed by atoms with Crippen LogP contribution in [0, 0.1) is 6.92 Å². The topological polar surface area (TPSA) is 67.9 Å². The van der Waals surface area contributed by atoms with Crippen LogP contribution in [0.3, 0.4) is 0 Å². The highest BCUT2D eigenvalue weighted by Gasteiger charge is 2.07. The highest BCUT2D eigenvalue weighted by molar-refractivity contribution is 5.82. The Kier molecular flexibility index (Phi) is 1.27. The Balaban J connectivity index is 2.71. The summed E-state index contributed by atoms with van der Waals surface area (Å²) in [5.41, 5.74) is -0.441. The summed E-state index contributed by atoms with van der Waals surface area (Å²) < 4.78 is 25.7. The number of aryl methyl sites for hydroxylation is 1. The summed E-state index contributed by atoms with van der Waals surface area (Å²) in [5.74, 6) is 0.117. The van der Waals surface area contributed by atoms with Crippen molar-refractivity contribution < 1.29 is 8.85 Å². The van der Waals surface area contributed by atoms with E-state index in [9.17, 15) is 4.79 Å². The number of aromatic nitrogens is 3. The smallest absolute Gasteiger partial charge is 0.292 e. The fraction of sp³-hybridized carbons (Fsp3) is 0.222. The Morgan fingerprint density at radius 1 is 1.64 bits per heavy atom. The number of pyridine rings is 1. The first-order valence-corrected chi connectivity index (χ1v) is 3.91. The first kappa shape index (κ1) is 5.74. The lowest BCUT2D eigenvalue weighted by molar-refractivity contribution is 0.412. The summed E-state index contributed by atoms with van der Waals surface area (Å²) in [4.78, 5) is 21.9. The number of nitrogens with one attached hydrogen (secondary N) is 1. The number of nitrogens with zero attached hydrogens (tertiary/aromatic N) is 2. The lowest BCUT2D eigenvalue weighted by atomic mass is 10.3. The average molecular weight is 194 g/mol. The molecule has 2 aromatic rings. The molecular formula is C9H9N3O2. The first-order valence-electron chi connectivity index (χ1n) is 5.41. The first-order chi connectivity index (χ1) is 7.87. The van der Waals surface area contributed by atoms with Crippen LogP contribution in [0.15, 0.2) is 17.2 Å². The molecule has 0 unspecified atom stereocenters. The van der Waals surface area contributed by atoms with Crippen LogP contribution in [-0.2, 0) is 0 Å². The van der Waals surface area contributed by atoms with Crippen LogP contribution >= 0.6 is 0 Å². The monoisotopic (exact) mass is 194 g/mol. The summed E-state index contributed by atoms with van der Waals surface area (Å²) in [7, 11) is -2.69. The van der Waals surface area contributed by atoms with Crippen molar-refractivity contribution in [1.82, 2.24) is 15.0 Å². The van der Waals surface area contributed by atoms with Gasteiger partial charge in [0.2, 0.25) is 5.75 Å². The molecule has 0 saturated carbocycles. The van der Waals surface area contributed by atoms with E-state index in [1.54, 1.807) is 6.92 Å². The van der Waals surface area contributed by atoms with Crippen molar-refractivity contribution in [3.8, 4) is 5.75 Å². The summed E-state index contributed by atoms with van der Waals surface area (Å²) in [5, 5.41) is 0.509. The molecule has 0 atom stereocenters. The molecule has 14 heavy (non-hydrogen) atoms. The highest BCUT2D eigenvalue weighted by Crippen LogP contribution is 2.16. The molecule has 2 heterocycles. The molecule has 0 fully saturated rings. The molecule has 0 aliphatic heterocycles. The fourth-order valence-corrected chi connectivity index (χ4v) is 1.18. The molecule has 2 rings (SSSR count). The summed E-state index contributed by atoms with van der Waals surface area (Å²) in [6, 6.07) is 0. The number of ether oxygens (including phenoxy) is 1. The Labute approximate surface area is 84.0 Å². The van der Waals surface area contributed by atoms with Crippen molar-refractivity contribution in [1.29, 1.82) is 0 Å². The van der Waals surface area contributed by atoms with Gasteiger partial charge in [0, 0.05) is 17.8 Å². The third-order valence-corrected chi connectivity index (χ3v) is 1.82. The van der Waals surface area contributed by atoms with Crippen molar-refractivity contribution in [2.24, 2.45) is 0 Å². The van der Waals surface area contributed by atoms with Gasteiger partial charge in [0.15, 0.2) is 0 Å². The number of hydrogen-bond donors (Lipinski definition) is 1. The van der Waals surface area contributed by atoms with Crippen LogP contribution in [0.25, 0.3) is 10.9 Å². The second-order valence-corrected chi connectivity index (χ2v) is 2.77. The molecule has 0 spiro atoms. The van der Waals surface area contributed by atoms with Crippen LogP contribution in [0.2, 0.25) is 0 Å². The van der Waals surface area contributed by atoms with Gasteiger partial charge in [-0.15, -0.1) is 0 Å². The average Bonchev–Trinajstić information content (AvgIpc) is 2.21. The van der Waals surface area contributed by atoms with E-state index in [4.69, 9.17) is 4.11 Å². The van der Waals surface area contributed by atoms with Crippen molar-refractivity contribution in [2.75, 3.05) is 7.04 Å². The van der Waals surface area contributed by atoms with E-state index in [-0.39, 0.29) is 11.3 Å². The van der Waals surface area contributed by atoms with Crippen LogP contribution in [0.1, 0.15) is 9.94 Å². The minimum atomic E-state index is -2.69. The Hall–Kier alpha value is -1.91. The predicted molar refractivity (Wildman–Crippen MR) is 51.4 cm³/mol. The molecule has 2 aromatic heterocycles. The third-order valence-electron chi connectivity index (χ3n) is 1.82. The summed E-state index contributed by atoms with van der Waals surface area (Å²) in [6.45, 7) is 1.64. The van der Waals surface area contributed by atoms with Crippen LogP contribution in [0.4, 0.5) is 0 Å². The van der Waals surface area contributed by atoms with E-state index in [0.29, 0.717) is 11.2 Å². The number of fused-ring (bicyclic) bond motifs is 1. The van der Waals surface area contributed by atoms with E-state index in [2.05, 4.69) is 19.7 Å². The zero-order chi connectivity index (χ0) is 12.6. The van der Waals surface area contributed by atoms with Crippen molar-refractivity contribution >= 4 is 10.9 Å². The molecule has 72 valence electrons. The van der Waals surface area contributed by atoms with Gasteiger partial charge >= 0.3 is 0 Å². The Morgan fingerprint density at radius 2 is 2.50 bits per heavy atom. The Bertz CT molecular complexity index is 621. The van der Waals surface area contributed by atoms with Gasteiger partial charge in [-0.05, 0) is 6.92 Å². The zero-order valence-electron chi connectivity index (χ0n) is 10.4. The van der Waals surface area contributed by atoms with Crippen molar-refractivity contribution in [3.63, 3.8) is 0 Å². The molecule has 0 saturated heterocycles. The van der Waals surface area contributed by atoms with Gasteiger partial charge in [0.1, 0.15) is 11.3 Å². The normalized spacial score (nSPS) is 14.5. The van der Waals surface area contributed by atoms with Gasteiger partial charge in [-0.2, -0.15) is 0 Å². The third kappa shape index (κ3) is 1.22. The predicted octanol–water partition coefficient (Wildman–Crippen LogP) is 0.635. The molecule has 0 bridgehead atoms. The number of hydrogen-bond acceptors (Lipinski definition) is 4. The number of rotatable bonds is 1. The molecule has 0 aromatic carbocycles. The molecule has 0 aliphatic carbocycles. The molecular weight excluding hydrogens is 182 g/mol. The van der Waals surface area contributed by atoms with Gasteiger partial charge < -0.3 is 9.72 Å². The lowest BCUT2D eigenvalue weighted by Crippen LogP contribution is -2.09. The largest absolute Gasteiger partial charge is 0.490 e. The standard InChI is InChI=1S/C9H9N3O2/c1-5-10-3-6-4-11-9(13)8(14-2)7(6)12-5/h3-4H,1-2H3,(H,11,13)/i2D3. The maximum Gasteiger partial charge on any atom is 0.292 e. The van der Waals surface area contributed by atoms with Crippen LogP contribution < -0.4 is 10.3 Å². The molecule has 0 amide bonds. The minimum absolute atomic E-state index is 0.192. The van der Waals surface area contributed by atoms with Gasteiger partial charge in [0.25, 0.3) is 5.56 Å². The van der Waals surface area contributed by atoms with E-state index in [0.717, 1.165) is 0 Å². The van der Waals surface area contributed by atoms with Gasteiger partial charge in [-0.3, -0.25) is 4.79 Å². The van der Waals surface area contributed by atoms with Gasteiger partial charge in [0.05, 0.1) is 11.2 Å². The van der Waals surface area contributed by atoms with Crippen molar-refractivity contribution in [3.05, 3.63) is 28.6 Å². The second kappa shape index (κ2) is 3.10. The summed E-state index contributed by atoms with van der Waals surface area (Å²) in [6.07, 6.45) is 2.89.